The molecule has 0 aliphatic carbocycles. The molecule has 18 heavy (non-hydrogen) atoms. The highest BCUT2D eigenvalue weighted by Crippen LogP contribution is 2.17. The van der Waals surface area contributed by atoms with Gasteiger partial charge in [0.15, 0.2) is 5.58 Å². The molecule has 1 aromatic heterocycles. The Labute approximate surface area is 105 Å². The minimum atomic E-state index is -0.227. The molecule has 5 nitrogen and oxygen atoms in total. The first-order chi connectivity index (χ1) is 8.66. The van der Waals surface area contributed by atoms with Gasteiger partial charge in [-0.25, -0.2) is 5.48 Å². The first kappa shape index (κ1) is 12.6. The number of amides is 1. The molecule has 1 heterocycles. The number of para-hydroxylation sites is 1. The van der Waals surface area contributed by atoms with E-state index in [1.165, 1.54) is 0 Å². The van der Waals surface area contributed by atoms with Gasteiger partial charge >= 0.3 is 0 Å². The van der Waals surface area contributed by atoms with Crippen LogP contribution in [0.5, 0.6) is 0 Å². The number of nitrogens with zero attached hydrogens (tertiary/aromatic N) is 1. The molecule has 0 unspecified atom stereocenters. The lowest BCUT2D eigenvalue weighted by Crippen LogP contribution is -2.27. The van der Waals surface area contributed by atoms with Gasteiger partial charge in [0.1, 0.15) is 5.69 Å². The third-order valence-electron chi connectivity index (χ3n) is 2.38. The zero-order chi connectivity index (χ0) is 13.0. The zero-order valence-electron chi connectivity index (χ0n) is 10.5. The van der Waals surface area contributed by atoms with E-state index in [4.69, 9.17) is 9.36 Å². The number of hydrogen-bond donors (Lipinski definition) is 1. The third kappa shape index (κ3) is 3.07. The van der Waals surface area contributed by atoms with Gasteiger partial charge in [0.05, 0.1) is 13.0 Å². The molecule has 0 aliphatic rings. The van der Waals surface area contributed by atoms with E-state index >= 15 is 0 Å². The summed E-state index contributed by atoms with van der Waals surface area (Å²) in [6.07, 6.45) is 0.148. The number of hydroxylamine groups is 1. The molecule has 0 spiro atoms. The van der Waals surface area contributed by atoms with Crippen molar-refractivity contribution in [2.45, 2.75) is 20.3 Å². The lowest BCUT2D eigenvalue weighted by Gasteiger charge is -2.06. The monoisotopic (exact) mass is 248 g/mol. The second kappa shape index (κ2) is 5.64. The number of carbonyl (C=O) groups excluding carboxylic acids is 1. The predicted octanol–water partition coefficient (Wildman–Crippen LogP) is 2.07. The molecule has 0 atom stereocenters. The van der Waals surface area contributed by atoms with Crippen molar-refractivity contribution in [3.63, 3.8) is 0 Å². The summed E-state index contributed by atoms with van der Waals surface area (Å²) < 4.78 is 5.12. The van der Waals surface area contributed by atoms with Crippen molar-refractivity contribution in [1.29, 1.82) is 0 Å². The van der Waals surface area contributed by atoms with Crippen molar-refractivity contribution in [2.24, 2.45) is 5.92 Å². The maximum Gasteiger partial charge on any atom is 0.249 e. The van der Waals surface area contributed by atoms with Gasteiger partial charge in [0.2, 0.25) is 5.91 Å². The van der Waals surface area contributed by atoms with Crippen molar-refractivity contribution in [1.82, 2.24) is 10.6 Å². The average Bonchev–Trinajstić information content (AvgIpc) is 2.72. The van der Waals surface area contributed by atoms with Crippen LogP contribution in [0.25, 0.3) is 11.0 Å². The summed E-state index contributed by atoms with van der Waals surface area (Å²) in [4.78, 5) is 16.7. The van der Waals surface area contributed by atoms with Crippen LogP contribution in [0.4, 0.5) is 0 Å². The van der Waals surface area contributed by atoms with E-state index < -0.39 is 0 Å². The topological polar surface area (TPSA) is 64.4 Å². The summed E-state index contributed by atoms with van der Waals surface area (Å²) in [5.74, 6) is 0.146. The first-order valence-corrected chi connectivity index (χ1v) is 5.90. The van der Waals surface area contributed by atoms with Gasteiger partial charge in [-0.15, -0.1) is 0 Å². The SMILES string of the molecule is CC(C)CONC(=O)Cc1noc2ccccc12. The fraction of sp³-hybridized carbons (Fsp3) is 0.385. The molecule has 0 saturated heterocycles. The molecule has 1 N–H and O–H groups in total. The molecule has 0 saturated carbocycles. The standard InChI is InChI=1S/C13H16N2O3/c1-9(2)8-17-15-13(16)7-11-10-5-3-4-6-12(10)18-14-11/h3-6,9H,7-8H2,1-2H3,(H,15,16). The molecular formula is C13H16N2O3. The van der Waals surface area contributed by atoms with Crippen LogP contribution in [0.15, 0.2) is 28.8 Å². The molecule has 0 aliphatic heterocycles. The van der Waals surface area contributed by atoms with Gasteiger partial charge in [-0.1, -0.05) is 31.1 Å². The molecule has 0 fully saturated rings. The molecule has 96 valence electrons. The van der Waals surface area contributed by atoms with Crippen LogP contribution in [0.2, 0.25) is 0 Å². The molecule has 1 amide bonds. The Balaban J connectivity index is 1.95. The Morgan fingerprint density at radius 3 is 3.00 bits per heavy atom. The van der Waals surface area contributed by atoms with Gasteiger partial charge in [-0.3, -0.25) is 9.63 Å². The van der Waals surface area contributed by atoms with Crippen molar-refractivity contribution < 1.29 is 14.2 Å². The van der Waals surface area contributed by atoms with E-state index in [9.17, 15) is 4.79 Å². The summed E-state index contributed by atoms with van der Waals surface area (Å²) in [7, 11) is 0. The van der Waals surface area contributed by atoms with Crippen molar-refractivity contribution in [3.8, 4) is 0 Å². The molecule has 0 radical (unpaired) electrons. The maximum absolute atomic E-state index is 11.6. The van der Waals surface area contributed by atoms with Crippen LogP contribution in [0.1, 0.15) is 19.5 Å². The van der Waals surface area contributed by atoms with Gasteiger partial charge in [0.25, 0.3) is 0 Å². The average molecular weight is 248 g/mol. The quantitative estimate of drug-likeness (QED) is 0.823. The van der Waals surface area contributed by atoms with E-state index in [1.54, 1.807) is 0 Å². The van der Waals surface area contributed by atoms with Gasteiger partial charge in [-0.2, -0.15) is 0 Å². The lowest BCUT2D eigenvalue weighted by atomic mass is 10.2. The minimum Gasteiger partial charge on any atom is -0.356 e. The van der Waals surface area contributed by atoms with Crippen LogP contribution >= 0.6 is 0 Å². The fourth-order valence-electron chi connectivity index (χ4n) is 1.54. The van der Waals surface area contributed by atoms with Gasteiger partial charge in [0, 0.05) is 5.39 Å². The fourth-order valence-corrected chi connectivity index (χ4v) is 1.54. The highest BCUT2D eigenvalue weighted by atomic mass is 16.6. The maximum atomic E-state index is 11.6. The van der Waals surface area contributed by atoms with Crippen molar-refractivity contribution in [3.05, 3.63) is 30.0 Å². The number of nitrogens with one attached hydrogen (secondary N) is 1. The lowest BCUT2D eigenvalue weighted by molar-refractivity contribution is -0.133. The summed E-state index contributed by atoms with van der Waals surface area (Å²) in [5.41, 5.74) is 3.70. The number of carbonyl (C=O) groups is 1. The third-order valence-corrected chi connectivity index (χ3v) is 2.38. The number of hydrogen-bond acceptors (Lipinski definition) is 4. The highest BCUT2D eigenvalue weighted by Gasteiger charge is 2.11. The number of benzene rings is 1. The Hall–Kier alpha value is -1.88. The van der Waals surface area contributed by atoms with Crippen LogP contribution in [-0.2, 0) is 16.1 Å². The Kier molecular flexibility index (Phi) is 3.94. The van der Waals surface area contributed by atoms with Crippen LogP contribution in [-0.4, -0.2) is 17.7 Å². The smallest absolute Gasteiger partial charge is 0.249 e. The molecule has 5 heteroatoms. The number of aromatic nitrogens is 1. The zero-order valence-corrected chi connectivity index (χ0v) is 10.5. The van der Waals surface area contributed by atoms with E-state index in [2.05, 4.69) is 10.6 Å². The normalized spacial score (nSPS) is 11.1. The summed E-state index contributed by atoms with van der Waals surface area (Å²) >= 11 is 0. The second-order valence-corrected chi connectivity index (χ2v) is 4.53. The summed E-state index contributed by atoms with van der Waals surface area (Å²) in [5, 5.41) is 4.74. The molecule has 0 bridgehead atoms. The molecular weight excluding hydrogens is 232 g/mol. The number of fused-ring (bicyclic) bond motifs is 1. The summed E-state index contributed by atoms with van der Waals surface area (Å²) in [6, 6.07) is 7.45. The Bertz CT molecular complexity index is 534. The highest BCUT2D eigenvalue weighted by molar-refractivity contribution is 5.85. The van der Waals surface area contributed by atoms with E-state index in [0.717, 1.165) is 5.39 Å². The molecule has 1 aromatic carbocycles. The molecule has 2 aromatic rings. The van der Waals surface area contributed by atoms with Crippen LogP contribution < -0.4 is 5.48 Å². The molecule has 2 rings (SSSR count). The van der Waals surface area contributed by atoms with E-state index in [-0.39, 0.29) is 12.3 Å². The van der Waals surface area contributed by atoms with Crippen LogP contribution in [0, 0.1) is 5.92 Å². The largest absolute Gasteiger partial charge is 0.356 e. The van der Waals surface area contributed by atoms with Gasteiger partial charge < -0.3 is 4.52 Å². The number of rotatable bonds is 5. The first-order valence-electron chi connectivity index (χ1n) is 5.90. The van der Waals surface area contributed by atoms with E-state index in [1.807, 2.05) is 38.1 Å². The van der Waals surface area contributed by atoms with Crippen molar-refractivity contribution in [2.75, 3.05) is 6.61 Å². The van der Waals surface area contributed by atoms with Gasteiger partial charge in [-0.05, 0) is 18.1 Å². The summed E-state index contributed by atoms with van der Waals surface area (Å²) in [6.45, 7) is 4.51. The second-order valence-electron chi connectivity index (χ2n) is 4.53. The van der Waals surface area contributed by atoms with Crippen LogP contribution in [0.3, 0.4) is 0 Å². The Morgan fingerprint density at radius 1 is 1.44 bits per heavy atom. The van der Waals surface area contributed by atoms with E-state index in [0.29, 0.717) is 23.8 Å². The predicted molar refractivity (Wildman–Crippen MR) is 66.6 cm³/mol. The van der Waals surface area contributed by atoms with Crippen molar-refractivity contribution >= 4 is 16.9 Å². The Morgan fingerprint density at radius 2 is 2.22 bits per heavy atom. The minimum absolute atomic E-state index is 0.148.